The van der Waals surface area contributed by atoms with E-state index >= 15 is 0 Å². The van der Waals surface area contributed by atoms with Gasteiger partial charge in [-0.15, -0.1) is 0 Å². The second-order valence-corrected chi connectivity index (χ2v) is 4.82. The molecule has 0 amide bonds. The third kappa shape index (κ3) is 3.30. The molecule has 1 aromatic carbocycles. The minimum Gasteiger partial charge on any atom is -0.479 e. The monoisotopic (exact) mass is 290 g/mol. The molecule has 0 aliphatic heterocycles. The molecule has 112 valence electrons. The van der Waals surface area contributed by atoms with Gasteiger partial charge in [0.2, 0.25) is 0 Å². The van der Waals surface area contributed by atoms with Crippen LogP contribution in [0, 0.1) is 0 Å². The molecule has 2 atom stereocenters. The minimum atomic E-state index is -4.50. The van der Waals surface area contributed by atoms with E-state index in [2.05, 4.69) is 0 Å². The van der Waals surface area contributed by atoms with Crippen LogP contribution in [0.25, 0.3) is 0 Å². The van der Waals surface area contributed by atoms with E-state index in [9.17, 15) is 23.1 Å². The second kappa shape index (κ2) is 5.83. The van der Waals surface area contributed by atoms with E-state index in [1.165, 1.54) is 19.1 Å². The Balaban J connectivity index is 3.19. The first kappa shape index (κ1) is 16.5. The van der Waals surface area contributed by atoms with Crippen LogP contribution in [0.2, 0.25) is 0 Å². The molecule has 2 unspecified atom stereocenters. The third-order valence-electron chi connectivity index (χ3n) is 3.43. The predicted octanol–water partition coefficient (Wildman–Crippen LogP) is 3.42. The standard InChI is InChI=1S/C14H17F3O3/c1-3-7-13(20,12(18)19)9(2)10-5-4-6-11(8-10)14(15,16)17/h4-6,8-9,20H,3,7H2,1-2H3,(H,18,19). The molecular weight excluding hydrogens is 273 g/mol. The van der Waals surface area contributed by atoms with Gasteiger partial charge in [0.15, 0.2) is 5.60 Å². The van der Waals surface area contributed by atoms with Crippen molar-refractivity contribution in [2.24, 2.45) is 0 Å². The fourth-order valence-electron chi connectivity index (χ4n) is 2.15. The first-order chi connectivity index (χ1) is 9.13. The maximum atomic E-state index is 12.7. The summed E-state index contributed by atoms with van der Waals surface area (Å²) in [5, 5.41) is 19.4. The number of benzene rings is 1. The molecule has 1 aromatic rings. The zero-order valence-corrected chi connectivity index (χ0v) is 11.2. The predicted molar refractivity (Wildman–Crippen MR) is 67.4 cm³/mol. The number of halogens is 3. The quantitative estimate of drug-likeness (QED) is 0.873. The van der Waals surface area contributed by atoms with Crippen LogP contribution in [0.3, 0.4) is 0 Å². The molecule has 0 saturated carbocycles. The summed E-state index contributed by atoms with van der Waals surface area (Å²) in [6.07, 6.45) is -4.12. The van der Waals surface area contributed by atoms with Crippen molar-refractivity contribution < 1.29 is 28.2 Å². The van der Waals surface area contributed by atoms with Crippen molar-refractivity contribution >= 4 is 5.97 Å². The second-order valence-electron chi connectivity index (χ2n) is 4.82. The summed E-state index contributed by atoms with van der Waals surface area (Å²) < 4.78 is 38.0. The SMILES string of the molecule is CCCC(O)(C(=O)O)C(C)c1cccc(C(F)(F)F)c1. The van der Waals surface area contributed by atoms with E-state index in [0.717, 1.165) is 12.1 Å². The van der Waals surface area contributed by atoms with Crippen molar-refractivity contribution in [2.45, 2.75) is 44.4 Å². The molecule has 1 rings (SSSR count). The zero-order chi connectivity index (χ0) is 15.6. The normalized spacial score (nSPS) is 16.5. The van der Waals surface area contributed by atoms with E-state index in [1.807, 2.05) is 0 Å². The van der Waals surface area contributed by atoms with Crippen molar-refractivity contribution in [2.75, 3.05) is 0 Å². The molecule has 0 heterocycles. The minimum absolute atomic E-state index is 0.0280. The van der Waals surface area contributed by atoms with E-state index in [4.69, 9.17) is 5.11 Å². The van der Waals surface area contributed by atoms with Crippen molar-refractivity contribution in [1.29, 1.82) is 0 Å². The van der Waals surface area contributed by atoms with Crippen LogP contribution in [-0.2, 0) is 11.0 Å². The lowest BCUT2D eigenvalue weighted by Gasteiger charge is -2.30. The van der Waals surface area contributed by atoms with Gasteiger partial charge < -0.3 is 10.2 Å². The summed E-state index contributed by atoms with van der Waals surface area (Å²) >= 11 is 0. The Kier molecular flexibility index (Phi) is 4.81. The zero-order valence-electron chi connectivity index (χ0n) is 11.2. The molecule has 0 radical (unpaired) electrons. The lowest BCUT2D eigenvalue weighted by Crippen LogP contribution is -2.43. The van der Waals surface area contributed by atoms with E-state index in [0.29, 0.717) is 6.42 Å². The van der Waals surface area contributed by atoms with Crippen molar-refractivity contribution in [3.63, 3.8) is 0 Å². The number of alkyl halides is 3. The van der Waals surface area contributed by atoms with E-state index in [1.54, 1.807) is 6.92 Å². The average Bonchev–Trinajstić information content (AvgIpc) is 2.37. The fourth-order valence-corrected chi connectivity index (χ4v) is 2.15. The van der Waals surface area contributed by atoms with Crippen LogP contribution < -0.4 is 0 Å². The smallest absolute Gasteiger partial charge is 0.416 e. The summed E-state index contributed by atoms with van der Waals surface area (Å²) in [7, 11) is 0. The Morgan fingerprint density at radius 2 is 1.95 bits per heavy atom. The van der Waals surface area contributed by atoms with Crippen LogP contribution in [-0.4, -0.2) is 21.8 Å². The molecule has 0 aliphatic rings. The van der Waals surface area contributed by atoms with Crippen LogP contribution >= 0.6 is 0 Å². The Morgan fingerprint density at radius 1 is 1.35 bits per heavy atom. The number of hydrogen-bond acceptors (Lipinski definition) is 2. The number of aliphatic carboxylic acids is 1. The van der Waals surface area contributed by atoms with Gasteiger partial charge in [-0.25, -0.2) is 4.79 Å². The van der Waals surface area contributed by atoms with Gasteiger partial charge in [0.05, 0.1) is 5.56 Å². The van der Waals surface area contributed by atoms with E-state index < -0.39 is 29.2 Å². The topological polar surface area (TPSA) is 57.5 Å². The Labute approximate surface area is 115 Å². The molecule has 0 fully saturated rings. The summed E-state index contributed by atoms with van der Waals surface area (Å²) in [6.45, 7) is 3.12. The highest BCUT2D eigenvalue weighted by molar-refractivity contribution is 5.78. The summed E-state index contributed by atoms with van der Waals surface area (Å²) in [5.74, 6) is -2.37. The molecule has 0 bridgehead atoms. The third-order valence-corrected chi connectivity index (χ3v) is 3.43. The molecule has 3 nitrogen and oxygen atoms in total. The van der Waals surface area contributed by atoms with Crippen molar-refractivity contribution in [3.05, 3.63) is 35.4 Å². The van der Waals surface area contributed by atoms with Crippen LogP contribution in [0.5, 0.6) is 0 Å². The number of aliphatic hydroxyl groups is 1. The first-order valence-corrected chi connectivity index (χ1v) is 6.26. The summed E-state index contributed by atoms with van der Waals surface area (Å²) in [5.41, 5.74) is -2.77. The lowest BCUT2D eigenvalue weighted by molar-refractivity contribution is -0.161. The number of rotatable bonds is 5. The number of carboxylic acid groups (broad SMARTS) is 1. The maximum Gasteiger partial charge on any atom is 0.416 e. The van der Waals surface area contributed by atoms with E-state index in [-0.39, 0.29) is 12.0 Å². The molecule has 20 heavy (non-hydrogen) atoms. The summed E-state index contributed by atoms with van der Waals surface area (Å²) in [6, 6.07) is 4.40. The van der Waals surface area contributed by atoms with Gasteiger partial charge in [0.25, 0.3) is 0 Å². The molecule has 0 aliphatic carbocycles. The van der Waals surface area contributed by atoms with Gasteiger partial charge in [0.1, 0.15) is 0 Å². The molecule has 0 saturated heterocycles. The number of hydrogen-bond donors (Lipinski definition) is 2. The van der Waals surface area contributed by atoms with Gasteiger partial charge in [-0.3, -0.25) is 0 Å². The Hall–Kier alpha value is -1.56. The fraction of sp³-hybridized carbons (Fsp3) is 0.500. The van der Waals surface area contributed by atoms with Gasteiger partial charge >= 0.3 is 12.1 Å². The number of carboxylic acids is 1. The van der Waals surface area contributed by atoms with Crippen molar-refractivity contribution in [1.82, 2.24) is 0 Å². The largest absolute Gasteiger partial charge is 0.479 e. The summed E-state index contributed by atoms with van der Waals surface area (Å²) in [4.78, 5) is 11.2. The van der Waals surface area contributed by atoms with Crippen molar-refractivity contribution in [3.8, 4) is 0 Å². The lowest BCUT2D eigenvalue weighted by atomic mass is 9.80. The molecule has 2 N–H and O–H groups in total. The number of carbonyl (C=O) groups is 1. The average molecular weight is 290 g/mol. The van der Waals surface area contributed by atoms with Crippen LogP contribution in [0.1, 0.15) is 43.7 Å². The maximum absolute atomic E-state index is 12.7. The highest BCUT2D eigenvalue weighted by Crippen LogP contribution is 2.36. The van der Waals surface area contributed by atoms with Gasteiger partial charge in [-0.2, -0.15) is 13.2 Å². The molecule has 0 aromatic heterocycles. The molecule has 6 heteroatoms. The first-order valence-electron chi connectivity index (χ1n) is 6.26. The van der Waals surface area contributed by atoms with Crippen LogP contribution in [0.4, 0.5) is 13.2 Å². The highest BCUT2D eigenvalue weighted by Gasteiger charge is 2.42. The Bertz CT molecular complexity index is 485. The van der Waals surface area contributed by atoms with Gasteiger partial charge in [0, 0.05) is 5.92 Å². The van der Waals surface area contributed by atoms with Gasteiger partial charge in [-0.1, -0.05) is 38.5 Å². The van der Waals surface area contributed by atoms with Crippen LogP contribution in [0.15, 0.2) is 24.3 Å². The molecule has 0 spiro atoms. The molecular formula is C14H17F3O3. The Morgan fingerprint density at radius 3 is 2.40 bits per heavy atom. The van der Waals surface area contributed by atoms with Gasteiger partial charge in [-0.05, 0) is 18.1 Å². The highest BCUT2D eigenvalue weighted by atomic mass is 19.4.